The Bertz CT molecular complexity index is 606. The number of carbonyl (C=O) groups is 1. The molecule has 0 fully saturated rings. The van der Waals surface area contributed by atoms with Gasteiger partial charge in [-0.05, 0) is 44.6 Å². The third-order valence-electron chi connectivity index (χ3n) is 5.11. The second kappa shape index (κ2) is 12.4. The van der Waals surface area contributed by atoms with Gasteiger partial charge in [0.05, 0.1) is 6.54 Å². The van der Waals surface area contributed by atoms with Gasteiger partial charge in [-0.3, -0.25) is 4.79 Å². The molecule has 0 aliphatic rings. The van der Waals surface area contributed by atoms with Gasteiger partial charge in [-0.1, -0.05) is 38.8 Å². The van der Waals surface area contributed by atoms with Crippen LogP contribution in [0.15, 0.2) is 29.3 Å². The van der Waals surface area contributed by atoms with Gasteiger partial charge in [0.2, 0.25) is 0 Å². The van der Waals surface area contributed by atoms with Crippen molar-refractivity contribution in [1.29, 1.82) is 0 Å². The summed E-state index contributed by atoms with van der Waals surface area (Å²) in [5.41, 5.74) is 1.78. The van der Waals surface area contributed by atoms with Crippen LogP contribution in [0.2, 0.25) is 0 Å². The average molecular weight is 390 g/mol. The highest BCUT2D eigenvalue weighted by atomic mass is 16.2. The van der Waals surface area contributed by atoms with E-state index in [-0.39, 0.29) is 5.91 Å². The van der Waals surface area contributed by atoms with E-state index in [9.17, 15) is 4.79 Å². The Balaban J connectivity index is 2.77. The summed E-state index contributed by atoms with van der Waals surface area (Å²) < 4.78 is 0. The molecule has 6 heteroatoms. The predicted molar refractivity (Wildman–Crippen MR) is 119 cm³/mol. The van der Waals surface area contributed by atoms with Crippen LogP contribution >= 0.6 is 0 Å². The van der Waals surface area contributed by atoms with Crippen molar-refractivity contribution < 1.29 is 4.79 Å². The summed E-state index contributed by atoms with van der Waals surface area (Å²) in [7, 11) is 7.81. The Kier molecular flexibility index (Phi) is 10.6. The van der Waals surface area contributed by atoms with Crippen LogP contribution in [-0.4, -0.2) is 69.0 Å². The van der Waals surface area contributed by atoms with E-state index in [4.69, 9.17) is 4.99 Å². The normalized spacial score (nSPS) is 13.0. The second-order valence-corrected chi connectivity index (χ2v) is 7.58. The van der Waals surface area contributed by atoms with Crippen LogP contribution in [0.3, 0.4) is 0 Å². The molecule has 0 aromatic heterocycles. The summed E-state index contributed by atoms with van der Waals surface area (Å²) in [6.45, 7) is 8.84. The monoisotopic (exact) mass is 389 g/mol. The van der Waals surface area contributed by atoms with Crippen molar-refractivity contribution in [2.45, 2.75) is 46.2 Å². The molecule has 0 bridgehead atoms. The molecule has 0 heterocycles. The number of amides is 1. The number of hydrogen-bond donors (Lipinski definition) is 2. The van der Waals surface area contributed by atoms with Crippen LogP contribution in [0, 0.1) is 5.92 Å². The minimum atomic E-state index is 0.0150. The fourth-order valence-corrected chi connectivity index (χ4v) is 3.33. The maximum Gasteiger partial charge on any atom is 0.253 e. The highest BCUT2D eigenvalue weighted by molar-refractivity contribution is 5.93. The summed E-state index contributed by atoms with van der Waals surface area (Å²) in [5.74, 6) is 1.50. The highest BCUT2D eigenvalue weighted by Crippen LogP contribution is 2.16. The van der Waals surface area contributed by atoms with E-state index >= 15 is 0 Å². The van der Waals surface area contributed by atoms with Gasteiger partial charge in [-0.25, -0.2) is 4.99 Å². The van der Waals surface area contributed by atoms with Crippen molar-refractivity contribution in [3.05, 3.63) is 35.4 Å². The van der Waals surface area contributed by atoms with Crippen LogP contribution < -0.4 is 10.6 Å². The lowest BCUT2D eigenvalue weighted by atomic mass is 9.93. The molecule has 0 aliphatic heterocycles. The van der Waals surface area contributed by atoms with Crippen molar-refractivity contribution in [2.24, 2.45) is 10.9 Å². The van der Waals surface area contributed by atoms with E-state index in [1.165, 1.54) is 12.8 Å². The molecule has 1 rings (SSSR count). The Hall–Kier alpha value is -2.08. The standard InChI is InChI=1S/C22H39N5O/c1-8-18(9-2)20(26(4)5)16-25-22(23-10-3)24-15-17-11-13-19(14-12-17)21(28)27(6)7/h11-14,18,20H,8-10,15-16H2,1-7H3,(H2,23,24,25). The molecular formula is C22H39N5O. The van der Waals surface area contributed by atoms with Gasteiger partial charge in [-0.2, -0.15) is 0 Å². The van der Waals surface area contributed by atoms with Gasteiger partial charge in [-0.15, -0.1) is 0 Å². The smallest absolute Gasteiger partial charge is 0.253 e. The number of carbonyl (C=O) groups excluding carboxylic acids is 1. The Morgan fingerprint density at radius 2 is 1.61 bits per heavy atom. The first kappa shape index (κ1) is 24.0. The van der Waals surface area contributed by atoms with E-state index in [2.05, 4.69) is 50.4 Å². The fraction of sp³-hybridized carbons (Fsp3) is 0.636. The van der Waals surface area contributed by atoms with Crippen molar-refractivity contribution >= 4 is 11.9 Å². The number of benzene rings is 1. The van der Waals surface area contributed by atoms with Crippen molar-refractivity contribution in [3.8, 4) is 0 Å². The molecule has 0 radical (unpaired) electrons. The van der Waals surface area contributed by atoms with Crippen molar-refractivity contribution in [3.63, 3.8) is 0 Å². The van der Waals surface area contributed by atoms with Gasteiger partial charge < -0.3 is 20.4 Å². The van der Waals surface area contributed by atoms with Gasteiger partial charge >= 0.3 is 0 Å². The van der Waals surface area contributed by atoms with Gasteiger partial charge in [0, 0.05) is 38.8 Å². The van der Waals surface area contributed by atoms with Crippen LogP contribution in [0.5, 0.6) is 0 Å². The number of nitrogens with one attached hydrogen (secondary N) is 2. The Morgan fingerprint density at radius 3 is 2.07 bits per heavy atom. The summed E-state index contributed by atoms with van der Waals surface area (Å²) in [4.78, 5) is 20.6. The van der Waals surface area contributed by atoms with Gasteiger partial charge in [0.1, 0.15) is 0 Å². The number of likely N-dealkylation sites (N-methyl/N-ethyl adjacent to an activating group) is 1. The lowest BCUT2D eigenvalue weighted by Gasteiger charge is -2.32. The quantitative estimate of drug-likeness (QED) is 0.477. The third-order valence-corrected chi connectivity index (χ3v) is 5.11. The average Bonchev–Trinajstić information content (AvgIpc) is 2.68. The van der Waals surface area contributed by atoms with Crippen LogP contribution in [0.1, 0.15) is 49.5 Å². The summed E-state index contributed by atoms with van der Waals surface area (Å²) in [6.07, 6.45) is 2.35. The molecule has 1 unspecified atom stereocenters. The lowest BCUT2D eigenvalue weighted by molar-refractivity contribution is 0.0827. The van der Waals surface area contributed by atoms with Gasteiger partial charge in [0.15, 0.2) is 5.96 Å². The zero-order valence-electron chi connectivity index (χ0n) is 18.7. The first-order valence-electron chi connectivity index (χ1n) is 10.3. The molecule has 1 aromatic rings. The van der Waals surface area contributed by atoms with Crippen molar-refractivity contribution in [1.82, 2.24) is 20.4 Å². The van der Waals surface area contributed by atoms with Gasteiger partial charge in [0.25, 0.3) is 5.91 Å². The van der Waals surface area contributed by atoms with Crippen molar-refractivity contribution in [2.75, 3.05) is 41.3 Å². The van der Waals surface area contributed by atoms with E-state index in [1.807, 2.05) is 24.3 Å². The molecule has 1 atom stereocenters. The molecule has 2 N–H and O–H groups in total. The summed E-state index contributed by atoms with van der Waals surface area (Å²) in [5, 5.41) is 6.83. The summed E-state index contributed by atoms with van der Waals surface area (Å²) in [6, 6.07) is 8.13. The third kappa shape index (κ3) is 7.50. The minimum absolute atomic E-state index is 0.0150. The Morgan fingerprint density at radius 1 is 1.00 bits per heavy atom. The zero-order chi connectivity index (χ0) is 21.1. The minimum Gasteiger partial charge on any atom is -0.357 e. The largest absolute Gasteiger partial charge is 0.357 e. The maximum atomic E-state index is 12.0. The molecule has 158 valence electrons. The molecule has 0 saturated heterocycles. The number of hydrogen-bond acceptors (Lipinski definition) is 3. The molecule has 6 nitrogen and oxygen atoms in total. The summed E-state index contributed by atoms with van der Waals surface area (Å²) >= 11 is 0. The number of rotatable bonds is 10. The van der Waals surface area contributed by atoms with E-state index < -0.39 is 0 Å². The Labute approximate surface area is 171 Å². The lowest BCUT2D eigenvalue weighted by Crippen LogP contribution is -2.48. The predicted octanol–water partition coefficient (Wildman–Crippen LogP) is 2.81. The zero-order valence-corrected chi connectivity index (χ0v) is 18.7. The van der Waals surface area contributed by atoms with E-state index in [0.717, 1.165) is 24.6 Å². The fourth-order valence-electron chi connectivity index (χ4n) is 3.33. The first-order valence-corrected chi connectivity index (χ1v) is 10.3. The highest BCUT2D eigenvalue weighted by Gasteiger charge is 2.20. The SMILES string of the molecule is CCNC(=NCc1ccc(C(=O)N(C)C)cc1)NCC(C(CC)CC)N(C)C. The second-order valence-electron chi connectivity index (χ2n) is 7.58. The van der Waals surface area contributed by atoms with E-state index in [1.54, 1.807) is 19.0 Å². The molecule has 28 heavy (non-hydrogen) atoms. The molecule has 0 spiro atoms. The van der Waals surface area contributed by atoms with E-state index in [0.29, 0.717) is 24.1 Å². The number of guanidine groups is 1. The first-order chi connectivity index (χ1) is 13.3. The van der Waals surface area contributed by atoms with Crippen LogP contribution in [0.4, 0.5) is 0 Å². The molecule has 0 saturated carbocycles. The molecular weight excluding hydrogens is 350 g/mol. The maximum absolute atomic E-state index is 12.0. The molecule has 0 aliphatic carbocycles. The topological polar surface area (TPSA) is 60.0 Å². The van der Waals surface area contributed by atoms with Crippen LogP contribution in [-0.2, 0) is 6.54 Å². The van der Waals surface area contributed by atoms with Crippen LogP contribution in [0.25, 0.3) is 0 Å². The number of aliphatic imine (C=N–C) groups is 1. The number of nitrogens with zero attached hydrogens (tertiary/aromatic N) is 3. The molecule has 1 aromatic carbocycles. The molecule has 1 amide bonds.